The number of rotatable bonds is 3. The second-order valence-corrected chi connectivity index (χ2v) is 7.90. The summed E-state index contributed by atoms with van der Waals surface area (Å²) in [6.45, 7) is 0.436. The molecule has 0 radical (unpaired) electrons. The molecule has 1 saturated carbocycles. The van der Waals surface area contributed by atoms with Gasteiger partial charge in [-0.3, -0.25) is 4.79 Å². The Morgan fingerprint density at radius 2 is 2.00 bits per heavy atom. The highest BCUT2D eigenvalue weighted by Crippen LogP contribution is 2.51. The Labute approximate surface area is 164 Å². The van der Waals surface area contributed by atoms with Crippen LogP contribution in [-0.2, 0) is 0 Å². The second-order valence-electron chi connectivity index (χ2n) is 7.90. The molecule has 1 heterocycles. The Bertz CT molecular complexity index is 870. The molecule has 28 heavy (non-hydrogen) atoms. The van der Waals surface area contributed by atoms with Gasteiger partial charge in [0.05, 0.1) is 18.8 Å². The molecule has 4 nitrogen and oxygen atoms in total. The van der Waals surface area contributed by atoms with Crippen LogP contribution in [0.1, 0.15) is 54.1 Å². The Hall–Kier alpha value is -2.40. The van der Waals surface area contributed by atoms with E-state index in [1.165, 1.54) is 12.1 Å². The molecule has 1 N–H and O–H groups in total. The number of methoxy groups -OCH3 is 1. The van der Waals surface area contributed by atoms with Crippen LogP contribution in [0.4, 0.5) is 4.39 Å². The molecule has 0 aromatic heterocycles. The first-order valence-electron chi connectivity index (χ1n) is 9.95. The summed E-state index contributed by atoms with van der Waals surface area (Å²) in [7, 11) is 1.62. The number of carbonyl (C=O) groups is 1. The fraction of sp³-hybridized carbons (Fsp3) is 0.435. The molecular formula is C23H26FNO3. The lowest BCUT2D eigenvalue weighted by atomic mass is 9.66. The van der Waals surface area contributed by atoms with Crippen LogP contribution in [0.2, 0.25) is 0 Å². The number of hydrogen-bond donors (Lipinski definition) is 1. The van der Waals surface area contributed by atoms with Crippen molar-refractivity contribution in [2.24, 2.45) is 5.92 Å². The van der Waals surface area contributed by atoms with Gasteiger partial charge >= 0.3 is 0 Å². The molecule has 0 bridgehead atoms. The third-order valence-corrected chi connectivity index (χ3v) is 6.36. The summed E-state index contributed by atoms with van der Waals surface area (Å²) in [4.78, 5) is 15.2. The summed E-state index contributed by atoms with van der Waals surface area (Å²) in [5.41, 5.74) is 0.462. The average Bonchev–Trinajstić information content (AvgIpc) is 2.72. The quantitative estimate of drug-likeness (QED) is 0.858. The molecule has 5 heteroatoms. The van der Waals surface area contributed by atoms with E-state index in [1.54, 1.807) is 24.1 Å². The first kappa shape index (κ1) is 18.9. The molecule has 4 rings (SSSR count). The zero-order chi connectivity index (χ0) is 19.7. The molecule has 1 saturated heterocycles. The van der Waals surface area contributed by atoms with Gasteiger partial charge in [0.2, 0.25) is 0 Å². The van der Waals surface area contributed by atoms with Crippen LogP contribution >= 0.6 is 0 Å². The van der Waals surface area contributed by atoms with Gasteiger partial charge in [0.15, 0.2) is 0 Å². The lowest BCUT2D eigenvalue weighted by molar-refractivity contribution is -0.115. The number of fused-ring (bicyclic) bond motifs is 1. The number of ether oxygens (including phenoxy) is 1. The lowest BCUT2D eigenvalue weighted by Gasteiger charge is -2.52. The smallest absolute Gasteiger partial charge is 0.254 e. The largest absolute Gasteiger partial charge is 0.496 e. The van der Waals surface area contributed by atoms with Crippen molar-refractivity contribution in [2.45, 2.75) is 43.7 Å². The van der Waals surface area contributed by atoms with E-state index < -0.39 is 11.4 Å². The molecule has 2 aromatic carbocycles. The number of likely N-dealkylation sites (tertiary alicyclic amines) is 1. The fourth-order valence-electron chi connectivity index (χ4n) is 4.99. The molecule has 1 aliphatic heterocycles. The number of nitrogens with zero attached hydrogens (tertiary/aromatic N) is 1. The van der Waals surface area contributed by atoms with Gasteiger partial charge in [0, 0.05) is 23.6 Å². The number of amides is 1. The van der Waals surface area contributed by atoms with Crippen molar-refractivity contribution in [3.05, 3.63) is 65.5 Å². The van der Waals surface area contributed by atoms with E-state index in [0.29, 0.717) is 24.3 Å². The van der Waals surface area contributed by atoms with Gasteiger partial charge in [-0.25, -0.2) is 4.39 Å². The molecule has 1 amide bonds. The normalized spacial score (nSPS) is 27.2. The fourth-order valence-corrected chi connectivity index (χ4v) is 4.99. The molecule has 3 atom stereocenters. The standard InChI is InChI=1S/C23H26FNO3/c1-28-20-11-3-2-9-18(20)21-19-10-4-5-12-23(19,27)13-14-25(21)22(26)16-7-6-8-17(24)15-16/h2-3,6-9,11,15,19,21,27H,4-5,10,12-14H2,1H3/t19-,21+,23-/m0/s1. The van der Waals surface area contributed by atoms with Crippen molar-refractivity contribution in [1.82, 2.24) is 4.90 Å². The van der Waals surface area contributed by atoms with Gasteiger partial charge in [0.1, 0.15) is 11.6 Å². The molecule has 0 unspecified atom stereocenters. The molecular weight excluding hydrogens is 357 g/mol. The van der Waals surface area contributed by atoms with E-state index in [-0.39, 0.29) is 17.9 Å². The minimum Gasteiger partial charge on any atom is -0.496 e. The Kier molecular flexibility index (Phi) is 5.11. The van der Waals surface area contributed by atoms with Gasteiger partial charge in [0.25, 0.3) is 5.91 Å². The van der Waals surface area contributed by atoms with E-state index >= 15 is 0 Å². The molecule has 0 spiro atoms. The first-order valence-corrected chi connectivity index (χ1v) is 9.95. The van der Waals surface area contributed by atoms with Gasteiger partial charge in [-0.15, -0.1) is 0 Å². The summed E-state index contributed by atoms with van der Waals surface area (Å²) in [5.74, 6) is 0.0112. The van der Waals surface area contributed by atoms with Gasteiger partial charge in [-0.2, -0.15) is 0 Å². The van der Waals surface area contributed by atoms with E-state index in [4.69, 9.17) is 4.74 Å². The van der Waals surface area contributed by atoms with Crippen molar-refractivity contribution in [2.75, 3.05) is 13.7 Å². The Balaban J connectivity index is 1.79. The zero-order valence-electron chi connectivity index (χ0n) is 16.1. The average molecular weight is 383 g/mol. The highest BCUT2D eigenvalue weighted by Gasteiger charge is 2.50. The summed E-state index contributed by atoms with van der Waals surface area (Å²) in [6.07, 6.45) is 4.19. The molecule has 2 fully saturated rings. The minimum absolute atomic E-state index is 0.0659. The number of piperidine rings is 1. The van der Waals surface area contributed by atoms with Gasteiger partial charge < -0.3 is 14.7 Å². The summed E-state index contributed by atoms with van der Waals surface area (Å²) >= 11 is 0. The molecule has 148 valence electrons. The predicted molar refractivity (Wildman–Crippen MR) is 105 cm³/mol. The van der Waals surface area contributed by atoms with Crippen LogP contribution < -0.4 is 4.74 Å². The Morgan fingerprint density at radius 3 is 2.79 bits per heavy atom. The summed E-state index contributed by atoms with van der Waals surface area (Å²) in [5, 5.41) is 11.4. The number of carbonyl (C=O) groups excluding carboxylic acids is 1. The molecule has 2 aliphatic rings. The second kappa shape index (κ2) is 7.55. The monoisotopic (exact) mass is 383 g/mol. The van der Waals surface area contributed by atoms with E-state index in [2.05, 4.69) is 0 Å². The number of hydrogen-bond acceptors (Lipinski definition) is 3. The number of halogens is 1. The van der Waals surface area contributed by atoms with Crippen LogP contribution in [0.15, 0.2) is 48.5 Å². The van der Waals surface area contributed by atoms with Crippen LogP contribution in [-0.4, -0.2) is 35.2 Å². The van der Waals surface area contributed by atoms with Crippen LogP contribution in [0.5, 0.6) is 5.75 Å². The van der Waals surface area contributed by atoms with Crippen LogP contribution in [0, 0.1) is 11.7 Å². The number of aliphatic hydroxyl groups is 1. The van der Waals surface area contributed by atoms with Crippen molar-refractivity contribution in [1.29, 1.82) is 0 Å². The van der Waals surface area contributed by atoms with E-state index in [0.717, 1.165) is 31.2 Å². The van der Waals surface area contributed by atoms with Crippen molar-refractivity contribution < 1.29 is 19.0 Å². The predicted octanol–water partition coefficient (Wildman–Crippen LogP) is 4.34. The zero-order valence-corrected chi connectivity index (χ0v) is 16.1. The third-order valence-electron chi connectivity index (χ3n) is 6.36. The highest BCUT2D eigenvalue weighted by atomic mass is 19.1. The third kappa shape index (κ3) is 3.28. The SMILES string of the molecule is COc1ccccc1[C@@H]1[C@@H]2CCCC[C@]2(O)CCN1C(=O)c1cccc(F)c1. The maximum atomic E-state index is 13.7. The van der Waals surface area contributed by atoms with Gasteiger partial charge in [-0.05, 0) is 43.5 Å². The van der Waals surface area contributed by atoms with E-state index in [1.807, 2.05) is 24.3 Å². The van der Waals surface area contributed by atoms with Crippen LogP contribution in [0.3, 0.4) is 0 Å². The van der Waals surface area contributed by atoms with Crippen molar-refractivity contribution in [3.8, 4) is 5.75 Å². The van der Waals surface area contributed by atoms with Crippen molar-refractivity contribution >= 4 is 5.91 Å². The maximum Gasteiger partial charge on any atom is 0.254 e. The molecule has 2 aromatic rings. The topological polar surface area (TPSA) is 49.8 Å². The summed E-state index contributed by atoms with van der Waals surface area (Å²) < 4.78 is 19.3. The lowest BCUT2D eigenvalue weighted by Crippen LogP contribution is -2.56. The Morgan fingerprint density at radius 1 is 1.18 bits per heavy atom. The number of benzene rings is 2. The minimum atomic E-state index is -0.775. The summed E-state index contributed by atoms with van der Waals surface area (Å²) in [6, 6.07) is 13.2. The van der Waals surface area contributed by atoms with Crippen molar-refractivity contribution in [3.63, 3.8) is 0 Å². The highest BCUT2D eigenvalue weighted by molar-refractivity contribution is 5.94. The number of para-hydroxylation sites is 1. The molecule has 1 aliphatic carbocycles. The first-order chi connectivity index (χ1) is 13.5. The van der Waals surface area contributed by atoms with Gasteiger partial charge in [-0.1, -0.05) is 37.1 Å². The maximum absolute atomic E-state index is 13.7. The van der Waals surface area contributed by atoms with Crippen LogP contribution in [0.25, 0.3) is 0 Å². The van der Waals surface area contributed by atoms with E-state index in [9.17, 15) is 14.3 Å².